The number of hydrogen-bond acceptors (Lipinski definition) is 4. The monoisotopic (exact) mass is 292 g/mol. The second-order valence-corrected chi connectivity index (χ2v) is 5.14. The number of pyridine rings is 1. The van der Waals surface area contributed by atoms with Crippen LogP contribution in [0.25, 0.3) is 0 Å². The molecule has 6 nitrogen and oxygen atoms in total. The maximum absolute atomic E-state index is 12.1. The minimum atomic E-state index is -0.197. The predicted molar refractivity (Wildman–Crippen MR) is 83.4 cm³/mol. The standard InChI is InChI=1S/C15H24N4O2/c1-5-16-13-9-12(8-11(4)19-13)15(21)17-7-6-14(20)18-10(2)3/h8-10H,5-7H2,1-4H3,(H,16,19)(H,17,21)(H,18,20). The Morgan fingerprint density at radius 3 is 2.62 bits per heavy atom. The van der Waals surface area contributed by atoms with Gasteiger partial charge in [-0.1, -0.05) is 0 Å². The summed E-state index contributed by atoms with van der Waals surface area (Å²) in [7, 11) is 0. The van der Waals surface area contributed by atoms with Gasteiger partial charge in [0.1, 0.15) is 5.82 Å². The minimum absolute atomic E-state index is 0.0652. The molecule has 0 spiro atoms. The van der Waals surface area contributed by atoms with Crippen LogP contribution in [0.4, 0.5) is 5.82 Å². The lowest BCUT2D eigenvalue weighted by atomic mass is 10.2. The number of nitrogens with zero attached hydrogens (tertiary/aromatic N) is 1. The van der Waals surface area contributed by atoms with Crippen molar-refractivity contribution in [2.75, 3.05) is 18.4 Å². The van der Waals surface area contributed by atoms with Crippen molar-refractivity contribution in [3.05, 3.63) is 23.4 Å². The van der Waals surface area contributed by atoms with E-state index in [1.807, 2.05) is 27.7 Å². The van der Waals surface area contributed by atoms with Crippen LogP contribution in [0.2, 0.25) is 0 Å². The van der Waals surface area contributed by atoms with Gasteiger partial charge in [0, 0.05) is 36.8 Å². The van der Waals surface area contributed by atoms with E-state index in [0.29, 0.717) is 17.9 Å². The summed E-state index contributed by atoms with van der Waals surface area (Å²) in [5.41, 5.74) is 1.32. The van der Waals surface area contributed by atoms with Crippen molar-refractivity contribution in [2.24, 2.45) is 0 Å². The van der Waals surface area contributed by atoms with Crippen LogP contribution in [0, 0.1) is 6.92 Å². The molecule has 1 heterocycles. The Morgan fingerprint density at radius 1 is 1.29 bits per heavy atom. The highest BCUT2D eigenvalue weighted by atomic mass is 16.2. The van der Waals surface area contributed by atoms with Crippen LogP contribution in [0.15, 0.2) is 12.1 Å². The largest absolute Gasteiger partial charge is 0.370 e. The van der Waals surface area contributed by atoms with Crippen molar-refractivity contribution in [1.82, 2.24) is 15.6 Å². The van der Waals surface area contributed by atoms with Gasteiger partial charge in [-0.3, -0.25) is 9.59 Å². The van der Waals surface area contributed by atoms with Crippen LogP contribution in [0.1, 0.15) is 43.2 Å². The maximum atomic E-state index is 12.1. The minimum Gasteiger partial charge on any atom is -0.370 e. The molecule has 0 radical (unpaired) electrons. The Hall–Kier alpha value is -2.11. The van der Waals surface area contributed by atoms with Gasteiger partial charge in [0.15, 0.2) is 0 Å². The van der Waals surface area contributed by atoms with E-state index in [4.69, 9.17) is 0 Å². The lowest BCUT2D eigenvalue weighted by molar-refractivity contribution is -0.121. The van der Waals surface area contributed by atoms with E-state index in [1.54, 1.807) is 12.1 Å². The summed E-state index contributed by atoms with van der Waals surface area (Å²) >= 11 is 0. The normalized spacial score (nSPS) is 10.3. The average molecular weight is 292 g/mol. The van der Waals surface area contributed by atoms with E-state index in [1.165, 1.54) is 0 Å². The molecule has 6 heteroatoms. The fourth-order valence-corrected chi connectivity index (χ4v) is 1.86. The molecule has 1 aromatic heterocycles. The zero-order valence-corrected chi connectivity index (χ0v) is 13.1. The van der Waals surface area contributed by atoms with Crippen molar-refractivity contribution in [2.45, 2.75) is 40.2 Å². The number of hydrogen-bond donors (Lipinski definition) is 3. The van der Waals surface area contributed by atoms with Crippen molar-refractivity contribution < 1.29 is 9.59 Å². The Labute approximate surface area is 125 Å². The first-order chi connectivity index (χ1) is 9.92. The summed E-state index contributed by atoms with van der Waals surface area (Å²) in [5.74, 6) is 0.418. The summed E-state index contributed by atoms with van der Waals surface area (Å²) in [6, 6.07) is 3.54. The van der Waals surface area contributed by atoms with Crippen molar-refractivity contribution in [3.8, 4) is 0 Å². The van der Waals surface area contributed by atoms with Crippen LogP contribution < -0.4 is 16.0 Å². The first-order valence-corrected chi connectivity index (χ1v) is 7.22. The Morgan fingerprint density at radius 2 is 2.00 bits per heavy atom. The van der Waals surface area contributed by atoms with E-state index in [-0.39, 0.29) is 24.3 Å². The van der Waals surface area contributed by atoms with Gasteiger partial charge >= 0.3 is 0 Å². The van der Waals surface area contributed by atoms with Crippen LogP contribution in [0.3, 0.4) is 0 Å². The highest BCUT2D eigenvalue weighted by Gasteiger charge is 2.09. The molecule has 0 unspecified atom stereocenters. The first kappa shape index (κ1) is 16.9. The number of rotatable bonds is 7. The third-order valence-electron chi connectivity index (χ3n) is 2.66. The summed E-state index contributed by atoms with van der Waals surface area (Å²) in [6.07, 6.45) is 0.272. The molecule has 0 atom stereocenters. The molecule has 0 bridgehead atoms. The molecule has 1 aromatic rings. The lowest BCUT2D eigenvalue weighted by Crippen LogP contribution is -2.34. The van der Waals surface area contributed by atoms with Gasteiger partial charge in [-0.15, -0.1) is 0 Å². The molecule has 3 N–H and O–H groups in total. The molecule has 0 saturated carbocycles. The summed E-state index contributed by atoms with van der Waals surface area (Å²) < 4.78 is 0. The molecular formula is C15H24N4O2. The van der Waals surface area contributed by atoms with E-state index >= 15 is 0 Å². The third kappa shape index (κ3) is 6.25. The van der Waals surface area contributed by atoms with Crippen molar-refractivity contribution in [1.29, 1.82) is 0 Å². The molecule has 0 fully saturated rings. The van der Waals surface area contributed by atoms with E-state index in [0.717, 1.165) is 12.2 Å². The lowest BCUT2D eigenvalue weighted by Gasteiger charge is -2.10. The van der Waals surface area contributed by atoms with Gasteiger partial charge in [-0.2, -0.15) is 0 Å². The Balaban J connectivity index is 2.54. The van der Waals surface area contributed by atoms with Gasteiger partial charge < -0.3 is 16.0 Å². The van der Waals surface area contributed by atoms with E-state index < -0.39 is 0 Å². The molecule has 2 amide bonds. The zero-order chi connectivity index (χ0) is 15.8. The van der Waals surface area contributed by atoms with Crippen LogP contribution in [-0.2, 0) is 4.79 Å². The summed E-state index contributed by atoms with van der Waals surface area (Å²) in [6.45, 7) is 8.67. The quantitative estimate of drug-likeness (QED) is 0.710. The summed E-state index contributed by atoms with van der Waals surface area (Å²) in [5, 5.41) is 8.61. The topological polar surface area (TPSA) is 83.1 Å². The van der Waals surface area contributed by atoms with Gasteiger partial charge in [0.2, 0.25) is 5.91 Å². The first-order valence-electron chi connectivity index (χ1n) is 7.22. The van der Waals surface area contributed by atoms with Gasteiger partial charge in [0.25, 0.3) is 5.91 Å². The molecule has 0 aliphatic heterocycles. The smallest absolute Gasteiger partial charge is 0.251 e. The predicted octanol–water partition coefficient (Wildman–Crippen LogP) is 1.47. The van der Waals surface area contributed by atoms with Gasteiger partial charge in [-0.25, -0.2) is 4.98 Å². The van der Waals surface area contributed by atoms with E-state index in [2.05, 4.69) is 20.9 Å². The number of amides is 2. The number of anilines is 1. The van der Waals surface area contributed by atoms with Gasteiger partial charge in [0.05, 0.1) is 0 Å². The third-order valence-corrected chi connectivity index (χ3v) is 2.66. The highest BCUT2D eigenvalue weighted by molar-refractivity contribution is 5.95. The average Bonchev–Trinajstić information content (AvgIpc) is 2.37. The molecule has 0 aliphatic carbocycles. The maximum Gasteiger partial charge on any atom is 0.251 e. The highest BCUT2D eigenvalue weighted by Crippen LogP contribution is 2.10. The van der Waals surface area contributed by atoms with E-state index in [9.17, 15) is 9.59 Å². The number of aromatic nitrogens is 1. The van der Waals surface area contributed by atoms with Crippen LogP contribution in [0.5, 0.6) is 0 Å². The number of carbonyl (C=O) groups is 2. The number of nitrogens with one attached hydrogen (secondary N) is 3. The van der Waals surface area contributed by atoms with Crippen LogP contribution >= 0.6 is 0 Å². The SMILES string of the molecule is CCNc1cc(C(=O)NCCC(=O)NC(C)C)cc(C)n1. The Kier molecular flexibility index (Phi) is 6.65. The molecule has 0 aliphatic rings. The zero-order valence-electron chi connectivity index (χ0n) is 13.1. The fourth-order valence-electron chi connectivity index (χ4n) is 1.86. The number of aryl methyl sites for hydroxylation is 1. The summed E-state index contributed by atoms with van der Waals surface area (Å²) in [4.78, 5) is 27.8. The molecule has 0 aromatic carbocycles. The second-order valence-electron chi connectivity index (χ2n) is 5.14. The molecular weight excluding hydrogens is 268 g/mol. The van der Waals surface area contributed by atoms with Crippen LogP contribution in [-0.4, -0.2) is 35.9 Å². The molecule has 116 valence electrons. The molecule has 21 heavy (non-hydrogen) atoms. The fraction of sp³-hybridized carbons (Fsp3) is 0.533. The Bertz CT molecular complexity index is 500. The van der Waals surface area contributed by atoms with Crippen molar-refractivity contribution in [3.63, 3.8) is 0 Å². The molecule has 1 rings (SSSR count). The molecule has 0 saturated heterocycles. The van der Waals surface area contributed by atoms with Gasteiger partial charge in [-0.05, 0) is 39.8 Å². The van der Waals surface area contributed by atoms with Crippen molar-refractivity contribution >= 4 is 17.6 Å². The number of carbonyl (C=O) groups excluding carboxylic acids is 2. The second kappa shape index (κ2) is 8.24.